The first-order valence-corrected chi connectivity index (χ1v) is 3.62. The standard InChI is InChI=1S/C8H11NO3/c1-5-2-3-7(12-5)8(11)6(9)4-10/h2-3,6,10H,4,9H2,1H3. The average Bonchev–Trinajstić information content (AvgIpc) is 2.49. The molecule has 4 heteroatoms. The highest BCUT2D eigenvalue weighted by molar-refractivity contribution is 5.97. The summed E-state index contributed by atoms with van der Waals surface area (Å²) in [6, 6.07) is 2.35. The molecule has 4 nitrogen and oxygen atoms in total. The van der Waals surface area contributed by atoms with Crippen molar-refractivity contribution in [1.82, 2.24) is 0 Å². The van der Waals surface area contributed by atoms with E-state index in [2.05, 4.69) is 0 Å². The van der Waals surface area contributed by atoms with Gasteiger partial charge in [0, 0.05) is 0 Å². The van der Waals surface area contributed by atoms with Gasteiger partial charge in [0.05, 0.1) is 12.6 Å². The summed E-state index contributed by atoms with van der Waals surface area (Å²) in [6.07, 6.45) is 0. The zero-order valence-corrected chi connectivity index (χ0v) is 6.78. The highest BCUT2D eigenvalue weighted by Gasteiger charge is 2.17. The predicted molar refractivity (Wildman–Crippen MR) is 42.8 cm³/mol. The molecule has 0 aliphatic carbocycles. The first-order valence-electron chi connectivity index (χ1n) is 3.62. The Morgan fingerprint density at radius 2 is 2.42 bits per heavy atom. The molecule has 1 atom stereocenters. The first-order chi connectivity index (χ1) is 5.65. The number of rotatable bonds is 3. The lowest BCUT2D eigenvalue weighted by molar-refractivity contribution is 0.0896. The van der Waals surface area contributed by atoms with Crippen LogP contribution in [0.3, 0.4) is 0 Å². The second kappa shape index (κ2) is 3.51. The van der Waals surface area contributed by atoms with Crippen LogP contribution in [-0.2, 0) is 0 Å². The Labute approximate surface area is 70.0 Å². The number of carbonyl (C=O) groups is 1. The molecule has 1 unspecified atom stereocenters. The zero-order valence-electron chi connectivity index (χ0n) is 6.78. The van der Waals surface area contributed by atoms with E-state index in [0.717, 1.165) is 0 Å². The van der Waals surface area contributed by atoms with E-state index >= 15 is 0 Å². The molecule has 0 saturated carbocycles. The third kappa shape index (κ3) is 1.72. The summed E-state index contributed by atoms with van der Waals surface area (Å²) < 4.78 is 5.03. The lowest BCUT2D eigenvalue weighted by Gasteiger charge is -2.02. The largest absolute Gasteiger partial charge is 0.458 e. The summed E-state index contributed by atoms with van der Waals surface area (Å²) in [5.41, 5.74) is 5.30. The summed E-state index contributed by atoms with van der Waals surface area (Å²) in [5, 5.41) is 8.59. The number of furan rings is 1. The fraction of sp³-hybridized carbons (Fsp3) is 0.375. The maximum Gasteiger partial charge on any atom is 0.216 e. The van der Waals surface area contributed by atoms with Gasteiger partial charge in [-0.25, -0.2) is 0 Å². The molecule has 0 amide bonds. The van der Waals surface area contributed by atoms with Gasteiger partial charge >= 0.3 is 0 Å². The molecule has 66 valence electrons. The molecule has 1 aromatic heterocycles. The van der Waals surface area contributed by atoms with Crippen LogP contribution in [0, 0.1) is 6.92 Å². The van der Waals surface area contributed by atoms with Gasteiger partial charge in [0.15, 0.2) is 5.76 Å². The summed E-state index contributed by atoms with van der Waals surface area (Å²) in [7, 11) is 0. The van der Waals surface area contributed by atoms with Gasteiger partial charge in [0.25, 0.3) is 0 Å². The van der Waals surface area contributed by atoms with Gasteiger partial charge in [0.1, 0.15) is 5.76 Å². The van der Waals surface area contributed by atoms with Gasteiger partial charge in [-0.3, -0.25) is 4.79 Å². The summed E-state index contributed by atoms with van der Waals surface area (Å²) >= 11 is 0. The van der Waals surface area contributed by atoms with Crippen molar-refractivity contribution >= 4 is 5.78 Å². The summed E-state index contributed by atoms with van der Waals surface area (Å²) in [4.78, 5) is 11.2. The van der Waals surface area contributed by atoms with E-state index in [-0.39, 0.29) is 18.2 Å². The van der Waals surface area contributed by atoms with Crippen molar-refractivity contribution in [2.75, 3.05) is 6.61 Å². The topological polar surface area (TPSA) is 76.5 Å². The van der Waals surface area contributed by atoms with Crippen LogP contribution in [0.25, 0.3) is 0 Å². The maximum absolute atomic E-state index is 11.2. The number of hydrogen-bond acceptors (Lipinski definition) is 4. The number of aliphatic hydroxyl groups excluding tert-OH is 1. The van der Waals surface area contributed by atoms with Crippen molar-refractivity contribution in [2.45, 2.75) is 13.0 Å². The minimum absolute atomic E-state index is 0.203. The molecule has 1 heterocycles. The minimum Gasteiger partial charge on any atom is -0.458 e. The molecule has 1 rings (SSSR count). The van der Waals surface area contributed by atoms with Crippen molar-refractivity contribution < 1.29 is 14.3 Å². The van der Waals surface area contributed by atoms with Crippen LogP contribution in [0.1, 0.15) is 16.3 Å². The Hall–Kier alpha value is -1.13. The lowest BCUT2D eigenvalue weighted by Crippen LogP contribution is -2.33. The Kier molecular flexibility index (Phi) is 2.62. The molecule has 0 radical (unpaired) electrons. The average molecular weight is 169 g/mol. The van der Waals surface area contributed by atoms with Crippen molar-refractivity contribution in [3.8, 4) is 0 Å². The Balaban J connectivity index is 2.78. The second-order valence-corrected chi connectivity index (χ2v) is 2.56. The van der Waals surface area contributed by atoms with Crippen LogP contribution in [0.15, 0.2) is 16.5 Å². The number of ketones is 1. The van der Waals surface area contributed by atoms with Crippen LogP contribution in [0.5, 0.6) is 0 Å². The lowest BCUT2D eigenvalue weighted by atomic mass is 10.2. The SMILES string of the molecule is Cc1ccc(C(=O)C(N)CO)o1. The molecule has 3 N–H and O–H groups in total. The number of aliphatic hydroxyl groups is 1. The summed E-state index contributed by atoms with van der Waals surface area (Å²) in [6.45, 7) is 1.37. The molecule has 0 fully saturated rings. The van der Waals surface area contributed by atoms with Crippen LogP contribution in [-0.4, -0.2) is 23.5 Å². The highest BCUT2D eigenvalue weighted by Crippen LogP contribution is 2.07. The molecule has 0 bridgehead atoms. The number of Topliss-reactive ketones (excluding diaryl/α,β-unsaturated/α-hetero) is 1. The Morgan fingerprint density at radius 3 is 2.83 bits per heavy atom. The minimum atomic E-state index is -0.879. The molecular weight excluding hydrogens is 158 g/mol. The number of hydrogen-bond donors (Lipinski definition) is 2. The van der Waals surface area contributed by atoms with Crippen molar-refractivity contribution in [1.29, 1.82) is 0 Å². The smallest absolute Gasteiger partial charge is 0.216 e. The predicted octanol–water partition coefficient (Wildman–Crippen LogP) is 0.0903. The van der Waals surface area contributed by atoms with Gasteiger partial charge < -0.3 is 15.3 Å². The third-order valence-electron chi connectivity index (χ3n) is 1.52. The van der Waals surface area contributed by atoms with E-state index in [9.17, 15) is 4.79 Å². The van der Waals surface area contributed by atoms with Gasteiger partial charge in [-0.2, -0.15) is 0 Å². The van der Waals surface area contributed by atoms with E-state index < -0.39 is 6.04 Å². The molecular formula is C8H11NO3. The Bertz CT molecular complexity index is 280. The first kappa shape index (κ1) is 8.96. The van der Waals surface area contributed by atoms with Gasteiger partial charge in [-0.05, 0) is 19.1 Å². The highest BCUT2D eigenvalue weighted by atomic mass is 16.3. The van der Waals surface area contributed by atoms with Gasteiger partial charge in [0.2, 0.25) is 5.78 Å². The van der Waals surface area contributed by atoms with Gasteiger partial charge in [-0.1, -0.05) is 0 Å². The van der Waals surface area contributed by atoms with Gasteiger partial charge in [-0.15, -0.1) is 0 Å². The summed E-state index contributed by atoms with van der Waals surface area (Å²) in [5.74, 6) is 0.489. The monoisotopic (exact) mass is 169 g/mol. The molecule has 0 aliphatic heterocycles. The van der Waals surface area contributed by atoms with Crippen molar-refractivity contribution in [2.24, 2.45) is 5.73 Å². The van der Waals surface area contributed by atoms with Crippen LogP contribution < -0.4 is 5.73 Å². The van der Waals surface area contributed by atoms with E-state index in [0.29, 0.717) is 5.76 Å². The molecule has 0 aromatic carbocycles. The van der Waals surface area contributed by atoms with E-state index in [1.54, 1.807) is 19.1 Å². The van der Waals surface area contributed by atoms with Crippen LogP contribution in [0.2, 0.25) is 0 Å². The number of aryl methyl sites for hydroxylation is 1. The fourth-order valence-corrected chi connectivity index (χ4v) is 0.833. The zero-order chi connectivity index (χ0) is 9.14. The number of carbonyl (C=O) groups excluding carboxylic acids is 1. The Morgan fingerprint density at radius 1 is 1.75 bits per heavy atom. The fourth-order valence-electron chi connectivity index (χ4n) is 0.833. The molecule has 0 saturated heterocycles. The number of nitrogens with two attached hydrogens (primary N) is 1. The van der Waals surface area contributed by atoms with E-state index in [1.807, 2.05) is 0 Å². The third-order valence-corrected chi connectivity index (χ3v) is 1.52. The molecule has 0 spiro atoms. The van der Waals surface area contributed by atoms with E-state index in [1.165, 1.54) is 0 Å². The van der Waals surface area contributed by atoms with Crippen molar-refractivity contribution in [3.05, 3.63) is 23.7 Å². The van der Waals surface area contributed by atoms with Crippen LogP contribution >= 0.6 is 0 Å². The molecule has 12 heavy (non-hydrogen) atoms. The van der Waals surface area contributed by atoms with Crippen molar-refractivity contribution in [3.63, 3.8) is 0 Å². The maximum atomic E-state index is 11.2. The van der Waals surface area contributed by atoms with E-state index in [4.69, 9.17) is 15.3 Å². The second-order valence-electron chi connectivity index (χ2n) is 2.56. The normalized spacial score (nSPS) is 12.9. The molecule has 0 aliphatic rings. The quantitative estimate of drug-likeness (QED) is 0.629. The molecule has 1 aromatic rings. The van der Waals surface area contributed by atoms with Crippen LogP contribution in [0.4, 0.5) is 0 Å².